The van der Waals surface area contributed by atoms with Gasteiger partial charge in [-0.05, 0) is 156 Å². The molecule has 1 fully saturated rings. The third-order valence-electron chi connectivity index (χ3n) is 9.47. The Morgan fingerprint density at radius 3 is 1.68 bits per heavy atom. The van der Waals surface area contributed by atoms with E-state index < -0.39 is 0 Å². The minimum absolute atomic E-state index is 0. The van der Waals surface area contributed by atoms with Crippen molar-refractivity contribution in [3.8, 4) is 0 Å². The number of nitrogens with one attached hydrogen (secondary N) is 3. The Balaban J connectivity index is 0.000000969. The SMILES string of the molecule is C1CCOC1.Nc1cccc(CCC(=S)CCc2ccnc3[nH]ccc23)c1.O=C(CCBr)Nc1cccc(CCC(=S)CCc2ccnc3[nH]ccc23)c1.O=C(Cl)CCBr.O=CO[O-].[H-].[K+].[K+]. The molecule has 0 unspecified atom stereocenters. The Hall–Kier alpha value is -1.15. The molecule has 5 heterocycles. The van der Waals surface area contributed by atoms with E-state index in [-0.39, 0.29) is 122 Å². The van der Waals surface area contributed by atoms with E-state index in [9.17, 15) is 9.59 Å². The molecule has 1 amide bonds. The number of H-pyrrole nitrogens is 2. The maximum atomic E-state index is 11.7. The van der Waals surface area contributed by atoms with E-state index in [1.54, 1.807) is 0 Å². The third-order valence-corrected chi connectivity index (χ3v) is 11.3. The second-order valence-corrected chi connectivity index (χ2v) is 17.4. The molecule has 2 aromatic carbocycles. The summed E-state index contributed by atoms with van der Waals surface area (Å²) in [6, 6.07) is 24.3. The van der Waals surface area contributed by atoms with Crippen LogP contribution >= 0.6 is 67.9 Å². The van der Waals surface area contributed by atoms with Crippen molar-refractivity contribution >= 4 is 129 Å². The number of alkyl halides is 2. The molecule has 0 aliphatic carbocycles. The van der Waals surface area contributed by atoms with Crippen LogP contribution in [0.25, 0.3) is 22.1 Å². The van der Waals surface area contributed by atoms with Crippen LogP contribution < -0.4 is 119 Å². The van der Waals surface area contributed by atoms with Gasteiger partial charge in [0.1, 0.15) is 11.3 Å². The van der Waals surface area contributed by atoms with Crippen molar-refractivity contribution in [3.05, 3.63) is 120 Å². The first-order valence-corrected chi connectivity index (χ1v) is 24.2. The number of aryl methyl sites for hydroxylation is 4. The van der Waals surface area contributed by atoms with Crippen LogP contribution in [0.2, 0.25) is 0 Å². The zero-order valence-corrected chi connectivity index (χ0v) is 49.3. The predicted octanol–water partition coefficient (Wildman–Crippen LogP) is 4.19. The number of nitrogens with two attached hydrogens (primary N) is 1. The van der Waals surface area contributed by atoms with E-state index in [0.717, 1.165) is 97.0 Å². The second-order valence-electron chi connectivity index (χ2n) is 14.2. The Kier molecular flexibility index (Phi) is 36.8. The number of rotatable bonds is 18. The number of hydrogen-bond acceptors (Lipinski definition) is 11. The van der Waals surface area contributed by atoms with E-state index in [1.807, 2.05) is 61.2 Å². The second kappa shape index (κ2) is 38.6. The molecule has 0 atom stereocenters. The van der Waals surface area contributed by atoms with Gasteiger partial charge >= 0.3 is 103 Å². The molecule has 6 aromatic rings. The van der Waals surface area contributed by atoms with E-state index >= 15 is 0 Å². The average Bonchev–Trinajstić information content (AvgIpc) is 4.12. The summed E-state index contributed by atoms with van der Waals surface area (Å²) in [6.45, 7) is 1.82. The number of benzene rings is 2. The molecule has 66 heavy (non-hydrogen) atoms. The van der Waals surface area contributed by atoms with Crippen molar-refractivity contribution in [1.82, 2.24) is 19.9 Å². The quantitative estimate of drug-likeness (QED) is 0.0141. The maximum Gasteiger partial charge on any atom is 1.00 e. The van der Waals surface area contributed by atoms with Crippen molar-refractivity contribution < 1.29 is 133 Å². The Morgan fingerprint density at radius 2 is 1.26 bits per heavy atom. The normalized spacial score (nSPS) is 11.0. The molecule has 0 saturated carbocycles. The van der Waals surface area contributed by atoms with Crippen molar-refractivity contribution in [2.24, 2.45) is 0 Å². The Morgan fingerprint density at radius 1 is 0.773 bits per heavy atom. The zero-order chi connectivity index (χ0) is 46.4. The van der Waals surface area contributed by atoms with Crippen molar-refractivity contribution in [2.45, 2.75) is 77.0 Å². The minimum atomic E-state index is -0.285. The number of halogens is 3. The molecule has 4 aromatic heterocycles. The summed E-state index contributed by atoms with van der Waals surface area (Å²) in [5.74, 6) is 0.0213. The molecule has 7 rings (SSSR count). The Labute approximate surface area is 506 Å². The topological polar surface area (TPSA) is 188 Å². The molecule has 1 saturated heterocycles. The monoisotopic (exact) mass is 1130 g/mol. The molecule has 344 valence electrons. The van der Waals surface area contributed by atoms with Crippen LogP contribution in [0.1, 0.15) is 75.0 Å². The van der Waals surface area contributed by atoms with Gasteiger partial charge in [0.2, 0.25) is 11.1 Å². The number of carbonyl (C=O) groups excluding carboxylic acids is 3. The minimum Gasteiger partial charge on any atom is -1.00 e. The number of carbonyl (C=O) groups is 3. The van der Waals surface area contributed by atoms with Gasteiger partial charge in [-0.2, -0.15) is 0 Å². The average molecular weight is 1140 g/mol. The fourth-order valence-electron chi connectivity index (χ4n) is 6.29. The summed E-state index contributed by atoms with van der Waals surface area (Å²) >= 11 is 22.4. The van der Waals surface area contributed by atoms with Crippen LogP contribution in [-0.4, -0.2) is 71.2 Å². The van der Waals surface area contributed by atoms with E-state index in [1.165, 1.54) is 45.9 Å². The summed E-state index contributed by atoms with van der Waals surface area (Å²) in [6.07, 6.45) is 18.3. The fourth-order valence-corrected chi connectivity index (χ4v) is 7.74. The summed E-state index contributed by atoms with van der Waals surface area (Å²) in [7, 11) is 0. The van der Waals surface area contributed by atoms with Gasteiger partial charge in [-0.3, -0.25) is 14.4 Å². The fraction of sp³-hybridized carbons (Fsp3) is 0.340. The van der Waals surface area contributed by atoms with E-state index in [2.05, 4.69) is 98.4 Å². The number of nitrogen functional groups attached to an aromatic ring is 1. The number of amides is 1. The van der Waals surface area contributed by atoms with E-state index in [4.69, 9.17) is 56.6 Å². The molecular weight excluding hydrogens is 1080 g/mol. The number of nitrogens with zero attached hydrogens (tertiary/aromatic N) is 2. The van der Waals surface area contributed by atoms with Gasteiger partial charge in [-0.25, -0.2) is 9.97 Å². The number of ether oxygens (including phenoxy) is 1. The molecule has 0 spiro atoms. The molecule has 0 bridgehead atoms. The molecular formula is C47H55Br2ClK2N6O6S2. The van der Waals surface area contributed by atoms with Crippen molar-refractivity contribution in [2.75, 3.05) is 34.9 Å². The number of hydrogen-bond donors (Lipinski definition) is 4. The van der Waals surface area contributed by atoms with Crippen LogP contribution in [-0.2, 0) is 49.7 Å². The van der Waals surface area contributed by atoms with Gasteiger partial charge in [-0.15, -0.1) is 0 Å². The van der Waals surface area contributed by atoms with Crippen LogP contribution in [0.4, 0.5) is 11.4 Å². The summed E-state index contributed by atoms with van der Waals surface area (Å²) in [4.78, 5) is 49.9. The number of fused-ring (bicyclic) bond motifs is 2. The van der Waals surface area contributed by atoms with Gasteiger partial charge < -0.3 is 37.3 Å². The van der Waals surface area contributed by atoms with E-state index in [0.29, 0.717) is 23.5 Å². The summed E-state index contributed by atoms with van der Waals surface area (Å²) in [5.41, 5.74) is 14.4. The predicted molar refractivity (Wildman–Crippen MR) is 273 cm³/mol. The standard InChI is InChI=1S/C21H22BrN3OS.C18H19N3S.C4H8O.C3H4BrClO.CH2O3.2K.H/c22-11-8-20(26)25-17-3-1-2-15(14-17)4-6-18(27)7-5-16-9-12-23-21-19(16)10-13-24-21;19-15-3-1-2-13(12-15)4-6-16(22)7-5-14-8-10-20-18-17(14)9-11-21-18;1-2-4-5-3-1;4-2-1-3(5)6;2-1-4-3;;;/h1-3,9-10,12-14H,4-8,11H2,(H,23,24)(H,25,26);1-3,8-12H,4-7,19H2,(H,20,21);1-4H2;1-2H2;1,3H;;;/q;;;;;2*+1;-1/p-1. The Bertz CT molecular complexity index is 2350. The molecule has 19 heteroatoms. The first kappa shape index (κ1) is 62.9. The van der Waals surface area contributed by atoms with Gasteiger partial charge in [0.25, 0.3) is 6.47 Å². The molecule has 12 nitrogen and oxygen atoms in total. The van der Waals surface area contributed by atoms with Gasteiger partial charge in [0.05, 0.1) is 0 Å². The van der Waals surface area contributed by atoms with Crippen molar-refractivity contribution in [3.63, 3.8) is 0 Å². The van der Waals surface area contributed by atoms with Gasteiger partial charge in [0, 0.05) is 83.7 Å². The summed E-state index contributed by atoms with van der Waals surface area (Å²) in [5, 5.41) is 14.8. The van der Waals surface area contributed by atoms with Gasteiger partial charge in [-0.1, -0.05) is 80.6 Å². The van der Waals surface area contributed by atoms with Crippen LogP contribution in [0.15, 0.2) is 97.6 Å². The largest absolute Gasteiger partial charge is 1.00 e. The van der Waals surface area contributed by atoms with Gasteiger partial charge in [0.15, 0.2) is 0 Å². The molecule has 1 aliphatic heterocycles. The molecule has 1 aliphatic rings. The molecule has 5 N–H and O–H groups in total. The van der Waals surface area contributed by atoms with Crippen LogP contribution in [0.5, 0.6) is 0 Å². The first-order chi connectivity index (χ1) is 31.1. The molecule has 0 radical (unpaired) electrons. The van der Waals surface area contributed by atoms with Crippen molar-refractivity contribution in [1.29, 1.82) is 0 Å². The maximum absolute atomic E-state index is 11.7. The number of aromatic amines is 2. The number of aromatic nitrogens is 4. The van der Waals surface area contributed by atoms with Crippen LogP contribution in [0.3, 0.4) is 0 Å². The number of anilines is 2. The summed E-state index contributed by atoms with van der Waals surface area (Å²) < 4.78 is 4.94. The smallest absolute Gasteiger partial charge is 1.00 e. The third kappa shape index (κ3) is 26.7. The number of pyridine rings is 2. The first-order valence-electron chi connectivity index (χ1n) is 20.8. The van der Waals surface area contributed by atoms with Crippen LogP contribution in [0, 0.1) is 0 Å². The zero-order valence-electron chi connectivity index (χ0n) is 38.5. The number of thiocarbonyl (C=S) groups is 2.